The molecule has 0 bridgehead atoms. The van der Waals surface area contributed by atoms with E-state index in [1.807, 2.05) is 0 Å². The normalized spacial score (nSPS) is 39.9. The van der Waals surface area contributed by atoms with Crippen molar-refractivity contribution < 1.29 is 29.9 Å². The van der Waals surface area contributed by atoms with Crippen LogP contribution in [0, 0.1) is 0 Å². The maximum absolute atomic E-state index is 9.56. The van der Waals surface area contributed by atoms with E-state index in [1.165, 1.54) is 0 Å². The van der Waals surface area contributed by atoms with Crippen LogP contribution in [0.3, 0.4) is 0 Å². The fourth-order valence-corrected chi connectivity index (χ4v) is 1.60. The Hall–Kier alpha value is 0.110. The molecule has 1 saturated heterocycles. The van der Waals surface area contributed by atoms with Gasteiger partial charge in [-0.3, -0.25) is 0 Å². The second kappa shape index (κ2) is 6.75. The summed E-state index contributed by atoms with van der Waals surface area (Å²) in [4.78, 5) is 0. The molecule has 0 aromatic rings. The van der Waals surface area contributed by atoms with Crippen LogP contribution in [0.2, 0.25) is 0 Å². The molecule has 96 valence electrons. The Bertz CT molecular complexity index is 202. The zero-order valence-corrected chi connectivity index (χ0v) is 9.66. The van der Waals surface area contributed by atoms with Crippen molar-refractivity contribution in [3.63, 3.8) is 0 Å². The van der Waals surface area contributed by atoms with E-state index in [4.69, 9.17) is 14.6 Å². The molecular formula is C9H18O6S. The molecule has 0 aromatic carbocycles. The van der Waals surface area contributed by atoms with Crippen LogP contribution < -0.4 is 0 Å². The van der Waals surface area contributed by atoms with E-state index in [2.05, 4.69) is 12.6 Å². The predicted molar refractivity (Wildman–Crippen MR) is 58.2 cm³/mol. The summed E-state index contributed by atoms with van der Waals surface area (Å²) in [5, 5.41) is 37.4. The van der Waals surface area contributed by atoms with Crippen LogP contribution in [0.25, 0.3) is 0 Å². The fourth-order valence-electron chi connectivity index (χ4n) is 1.47. The second-order valence-corrected chi connectivity index (χ2v) is 4.09. The molecule has 5 atom stereocenters. The Balaban J connectivity index is 2.50. The van der Waals surface area contributed by atoms with E-state index < -0.39 is 37.3 Å². The van der Waals surface area contributed by atoms with Gasteiger partial charge in [0.2, 0.25) is 0 Å². The quantitative estimate of drug-likeness (QED) is 0.291. The molecule has 1 fully saturated rings. The summed E-state index contributed by atoms with van der Waals surface area (Å²) in [6.07, 6.45) is -5.32. The first-order chi connectivity index (χ1) is 7.61. The molecule has 1 aliphatic rings. The third-order valence-corrected chi connectivity index (χ3v) is 2.75. The van der Waals surface area contributed by atoms with Gasteiger partial charge in [0.1, 0.15) is 24.4 Å². The highest BCUT2D eigenvalue weighted by Crippen LogP contribution is 2.21. The molecular weight excluding hydrogens is 236 g/mol. The Morgan fingerprint density at radius 1 is 1.12 bits per heavy atom. The van der Waals surface area contributed by atoms with E-state index in [1.54, 1.807) is 0 Å². The summed E-state index contributed by atoms with van der Waals surface area (Å²) >= 11 is 4.00. The number of aliphatic hydroxyl groups is 4. The summed E-state index contributed by atoms with van der Waals surface area (Å²) in [7, 11) is 0. The number of hydrogen-bond donors (Lipinski definition) is 5. The van der Waals surface area contributed by atoms with Gasteiger partial charge < -0.3 is 29.9 Å². The van der Waals surface area contributed by atoms with Crippen LogP contribution in [0.4, 0.5) is 0 Å². The van der Waals surface area contributed by atoms with E-state index in [0.717, 1.165) is 0 Å². The molecule has 1 aliphatic heterocycles. The van der Waals surface area contributed by atoms with Crippen LogP contribution in [0.15, 0.2) is 0 Å². The molecule has 0 radical (unpaired) electrons. The van der Waals surface area contributed by atoms with Crippen molar-refractivity contribution in [2.24, 2.45) is 0 Å². The molecule has 0 saturated carbocycles. The van der Waals surface area contributed by atoms with Crippen molar-refractivity contribution in [1.29, 1.82) is 0 Å². The minimum absolute atomic E-state index is 0.326. The lowest BCUT2D eigenvalue weighted by Gasteiger charge is -2.39. The number of hydrogen-bond acceptors (Lipinski definition) is 7. The van der Waals surface area contributed by atoms with Gasteiger partial charge in [0.05, 0.1) is 13.2 Å². The van der Waals surface area contributed by atoms with Gasteiger partial charge in [0, 0.05) is 0 Å². The SMILES string of the molecule is OCC1O[C@@H](OCCCS)C(O)[C@@H](O)[C@H]1O. The lowest BCUT2D eigenvalue weighted by Crippen LogP contribution is -2.59. The molecule has 7 heteroatoms. The average Bonchev–Trinajstić information content (AvgIpc) is 2.29. The van der Waals surface area contributed by atoms with Crippen molar-refractivity contribution in [1.82, 2.24) is 0 Å². The fraction of sp³-hybridized carbons (Fsp3) is 1.00. The topological polar surface area (TPSA) is 99.4 Å². The first kappa shape index (κ1) is 14.2. The zero-order valence-electron chi connectivity index (χ0n) is 8.77. The average molecular weight is 254 g/mol. The largest absolute Gasteiger partial charge is 0.394 e. The highest BCUT2D eigenvalue weighted by atomic mass is 32.1. The van der Waals surface area contributed by atoms with Crippen molar-refractivity contribution in [2.45, 2.75) is 37.1 Å². The Morgan fingerprint density at radius 3 is 2.38 bits per heavy atom. The molecule has 2 unspecified atom stereocenters. The van der Waals surface area contributed by atoms with Crippen molar-refractivity contribution in [3.05, 3.63) is 0 Å². The van der Waals surface area contributed by atoms with Gasteiger partial charge in [0.25, 0.3) is 0 Å². The lowest BCUT2D eigenvalue weighted by molar-refractivity contribution is -0.300. The monoisotopic (exact) mass is 254 g/mol. The van der Waals surface area contributed by atoms with E-state index in [0.29, 0.717) is 18.8 Å². The molecule has 0 aromatic heterocycles. The van der Waals surface area contributed by atoms with Crippen LogP contribution in [-0.2, 0) is 9.47 Å². The first-order valence-electron chi connectivity index (χ1n) is 5.14. The summed E-state index contributed by atoms with van der Waals surface area (Å²) in [5.41, 5.74) is 0. The summed E-state index contributed by atoms with van der Waals surface area (Å²) in [5.74, 6) is 0.636. The van der Waals surface area contributed by atoms with Gasteiger partial charge in [-0.2, -0.15) is 12.6 Å². The maximum Gasteiger partial charge on any atom is 0.186 e. The molecule has 4 N–H and O–H groups in total. The highest BCUT2D eigenvalue weighted by molar-refractivity contribution is 7.80. The number of rotatable bonds is 5. The first-order valence-corrected chi connectivity index (χ1v) is 5.78. The Kier molecular flexibility index (Phi) is 5.98. The van der Waals surface area contributed by atoms with Gasteiger partial charge in [-0.1, -0.05) is 0 Å². The summed E-state index contributed by atoms with van der Waals surface area (Å²) in [6, 6.07) is 0. The highest BCUT2D eigenvalue weighted by Gasteiger charge is 2.43. The lowest BCUT2D eigenvalue weighted by atomic mass is 9.99. The molecule has 0 aliphatic carbocycles. The van der Waals surface area contributed by atoms with Crippen molar-refractivity contribution in [3.8, 4) is 0 Å². The van der Waals surface area contributed by atoms with E-state index in [9.17, 15) is 15.3 Å². The van der Waals surface area contributed by atoms with Gasteiger partial charge in [-0.15, -0.1) is 0 Å². The third kappa shape index (κ3) is 3.30. The second-order valence-electron chi connectivity index (χ2n) is 3.65. The molecule has 0 amide bonds. The van der Waals surface area contributed by atoms with E-state index in [-0.39, 0.29) is 0 Å². The molecule has 6 nitrogen and oxygen atoms in total. The Labute approximate surface area is 99.2 Å². The molecule has 0 spiro atoms. The molecule has 16 heavy (non-hydrogen) atoms. The van der Waals surface area contributed by atoms with Gasteiger partial charge >= 0.3 is 0 Å². The van der Waals surface area contributed by atoms with Crippen LogP contribution in [0.1, 0.15) is 6.42 Å². The number of ether oxygens (including phenoxy) is 2. The third-order valence-electron chi connectivity index (χ3n) is 2.43. The van der Waals surface area contributed by atoms with Crippen molar-refractivity contribution in [2.75, 3.05) is 19.0 Å². The van der Waals surface area contributed by atoms with E-state index >= 15 is 0 Å². The van der Waals surface area contributed by atoms with Crippen LogP contribution >= 0.6 is 12.6 Å². The molecule has 1 rings (SSSR count). The van der Waals surface area contributed by atoms with Gasteiger partial charge in [-0.25, -0.2) is 0 Å². The summed E-state index contributed by atoms with van der Waals surface area (Å²) in [6.45, 7) is -0.121. The number of thiol groups is 1. The zero-order chi connectivity index (χ0) is 12.1. The summed E-state index contributed by atoms with van der Waals surface area (Å²) < 4.78 is 10.3. The minimum atomic E-state index is -1.38. The maximum atomic E-state index is 9.56. The standard InChI is InChI=1S/C9H18O6S/c10-4-5-6(11)7(12)8(13)9(15-5)14-2-1-3-16/h5-13,16H,1-4H2/t5?,6-,7-,8?,9+/m0/s1. The minimum Gasteiger partial charge on any atom is -0.394 e. The van der Waals surface area contributed by atoms with Crippen molar-refractivity contribution >= 4 is 12.6 Å². The Morgan fingerprint density at radius 2 is 1.81 bits per heavy atom. The number of aliphatic hydroxyl groups excluding tert-OH is 4. The predicted octanol–water partition coefficient (Wildman–Crippen LogP) is -1.88. The van der Waals surface area contributed by atoms with Gasteiger partial charge in [0.15, 0.2) is 6.29 Å². The smallest absolute Gasteiger partial charge is 0.186 e. The molecule has 1 heterocycles. The van der Waals surface area contributed by atoms with Gasteiger partial charge in [-0.05, 0) is 12.2 Å². The van der Waals surface area contributed by atoms with Crippen LogP contribution in [-0.4, -0.2) is 70.1 Å². The van der Waals surface area contributed by atoms with Crippen LogP contribution in [0.5, 0.6) is 0 Å².